The van der Waals surface area contributed by atoms with E-state index in [1.54, 1.807) is 7.11 Å². The van der Waals surface area contributed by atoms with Gasteiger partial charge in [0.05, 0.1) is 29.0 Å². The molecule has 1 N–H and O–H groups in total. The number of nitriles is 1. The molecule has 0 radical (unpaired) electrons. The summed E-state index contributed by atoms with van der Waals surface area (Å²) >= 11 is 1.37. The Morgan fingerprint density at radius 3 is 2.50 bits per heavy atom. The fourth-order valence-electron chi connectivity index (χ4n) is 4.55. The minimum absolute atomic E-state index is 0.106. The van der Waals surface area contributed by atoms with Gasteiger partial charge in [-0.25, -0.2) is 4.98 Å². The Bertz CT molecular complexity index is 1470. The number of ether oxygens (including phenoxy) is 1. The van der Waals surface area contributed by atoms with Crippen molar-refractivity contribution >= 4 is 39.4 Å². The molecule has 38 heavy (non-hydrogen) atoms. The van der Waals surface area contributed by atoms with Crippen LogP contribution in [-0.2, 0) is 0 Å². The van der Waals surface area contributed by atoms with Gasteiger partial charge in [0, 0.05) is 31.4 Å². The Labute approximate surface area is 226 Å². The second kappa shape index (κ2) is 12.3. The van der Waals surface area contributed by atoms with Crippen LogP contribution < -0.4 is 10.1 Å². The molecule has 0 unspecified atom stereocenters. The van der Waals surface area contributed by atoms with Crippen molar-refractivity contribution in [3.05, 3.63) is 87.9 Å². The normalized spacial score (nSPS) is 13.3. The fourth-order valence-corrected chi connectivity index (χ4v) is 5.36. The van der Waals surface area contributed by atoms with Crippen molar-refractivity contribution < 1.29 is 14.3 Å². The third kappa shape index (κ3) is 6.18. The van der Waals surface area contributed by atoms with Crippen LogP contribution in [-0.4, -0.2) is 49.3 Å². The molecular weight excluding hydrogens is 496 g/mol. The molecule has 1 aliphatic rings. The predicted octanol–water partition coefficient (Wildman–Crippen LogP) is 6.05. The monoisotopic (exact) mass is 526 g/mol. The number of amides is 1. The number of rotatable bonds is 5. The number of methoxy groups -OCH3 is 1. The van der Waals surface area contributed by atoms with Crippen molar-refractivity contribution in [3.8, 4) is 11.8 Å². The van der Waals surface area contributed by atoms with Gasteiger partial charge in [-0.3, -0.25) is 9.59 Å². The second-order valence-corrected chi connectivity index (χ2v) is 10.1. The van der Waals surface area contributed by atoms with E-state index in [0.717, 1.165) is 65.0 Å². The van der Waals surface area contributed by atoms with E-state index in [1.165, 1.54) is 16.9 Å². The topological polar surface area (TPSA) is 95.3 Å². The summed E-state index contributed by atoms with van der Waals surface area (Å²) in [6.07, 6.45) is 2.68. The molecule has 0 atom stereocenters. The largest absolute Gasteiger partial charge is 0.497 e. The van der Waals surface area contributed by atoms with Gasteiger partial charge in [-0.1, -0.05) is 18.2 Å². The lowest BCUT2D eigenvalue weighted by Crippen LogP contribution is -2.37. The van der Waals surface area contributed by atoms with Gasteiger partial charge in [0.15, 0.2) is 11.3 Å². The first-order valence-electron chi connectivity index (χ1n) is 12.4. The molecule has 8 heteroatoms. The van der Waals surface area contributed by atoms with E-state index in [2.05, 4.69) is 16.4 Å². The van der Waals surface area contributed by atoms with E-state index in [1.807, 2.05) is 79.5 Å². The first kappa shape index (κ1) is 26.8. The lowest BCUT2D eigenvalue weighted by Gasteiger charge is -2.32. The van der Waals surface area contributed by atoms with Gasteiger partial charge in [0.1, 0.15) is 5.75 Å². The number of aromatic nitrogens is 1. The molecular formula is C30H30N4O3S. The summed E-state index contributed by atoms with van der Waals surface area (Å²) in [6.45, 7) is 3.57. The predicted molar refractivity (Wildman–Crippen MR) is 151 cm³/mol. The number of carbonyl (C=O) groups is 2. The molecule has 4 aromatic rings. The smallest absolute Gasteiger partial charge is 0.253 e. The Balaban J connectivity index is 0.000000216. The molecule has 1 aromatic heterocycles. The average molecular weight is 527 g/mol. The lowest BCUT2D eigenvalue weighted by atomic mass is 9.89. The Morgan fingerprint density at radius 1 is 1.13 bits per heavy atom. The van der Waals surface area contributed by atoms with E-state index in [4.69, 9.17) is 10.00 Å². The van der Waals surface area contributed by atoms with E-state index in [-0.39, 0.29) is 5.91 Å². The molecule has 1 amide bonds. The quantitative estimate of drug-likeness (QED) is 0.318. The van der Waals surface area contributed by atoms with E-state index in [9.17, 15) is 9.59 Å². The summed E-state index contributed by atoms with van der Waals surface area (Å²) in [4.78, 5) is 29.3. The molecule has 0 bridgehead atoms. The van der Waals surface area contributed by atoms with Crippen LogP contribution in [0.25, 0.3) is 10.2 Å². The average Bonchev–Trinajstić information content (AvgIpc) is 3.40. The van der Waals surface area contributed by atoms with E-state index < -0.39 is 0 Å². The van der Waals surface area contributed by atoms with Crippen LogP contribution in [0, 0.1) is 18.3 Å². The number of thiazole rings is 1. The van der Waals surface area contributed by atoms with E-state index in [0.29, 0.717) is 16.5 Å². The Hall–Kier alpha value is -4.22. The number of hydrogen-bond donors (Lipinski definition) is 1. The zero-order valence-corrected chi connectivity index (χ0v) is 22.5. The fraction of sp³-hybridized carbons (Fsp3) is 0.267. The van der Waals surface area contributed by atoms with Crippen LogP contribution in [0.5, 0.6) is 5.75 Å². The SMILES string of the molecule is CNc1cc(C(=O)N2CCC(c3ccc(C#N)cc3)CC2)ccc1C.COc1ccc2nc(C=O)sc2c1. The third-order valence-corrected chi connectivity index (χ3v) is 7.70. The minimum atomic E-state index is 0.106. The van der Waals surface area contributed by atoms with Crippen molar-refractivity contribution in [2.75, 3.05) is 32.6 Å². The van der Waals surface area contributed by atoms with Crippen LogP contribution >= 0.6 is 11.3 Å². The van der Waals surface area contributed by atoms with Crippen molar-refractivity contribution in [3.63, 3.8) is 0 Å². The second-order valence-electron chi connectivity index (χ2n) is 9.08. The number of aryl methyl sites for hydroxylation is 1. The number of anilines is 1. The molecule has 1 aliphatic heterocycles. The van der Waals surface area contributed by atoms with Gasteiger partial charge in [0.2, 0.25) is 0 Å². The van der Waals surface area contributed by atoms with Gasteiger partial charge < -0.3 is 15.0 Å². The number of nitrogens with one attached hydrogen (secondary N) is 1. The molecule has 0 spiro atoms. The number of aldehydes is 1. The zero-order chi connectivity index (χ0) is 27.1. The summed E-state index contributed by atoms with van der Waals surface area (Å²) < 4.78 is 6.03. The number of piperidine rings is 1. The van der Waals surface area contributed by atoms with Crippen molar-refractivity contribution in [2.45, 2.75) is 25.7 Å². The summed E-state index contributed by atoms with van der Waals surface area (Å²) in [5, 5.41) is 12.5. The molecule has 0 saturated carbocycles. The van der Waals surface area contributed by atoms with Crippen molar-refractivity contribution in [1.82, 2.24) is 9.88 Å². The maximum absolute atomic E-state index is 12.8. The van der Waals surface area contributed by atoms with Crippen LogP contribution in [0.1, 0.15) is 55.6 Å². The Kier molecular flexibility index (Phi) is 8.72. The van der Waals surface area contributed by atoms with Crippen LogP contribution in [0.4, 0.5) is 5.69 Å². The highest BCUT2D eigenvalue weighted by Gasteiger charge is 2.24. The van der Waals surface area contributed by atoms with Gasteiger partial charge in [-0.15, -0.1) is 11.3 Å². The summed E-state index contributed by atoms with van der Waals surface area (Å²) in [6, 6.07) is 21.4. The molecule has 5 rings (SSSR count). The Morgan fingerprint density at radius 2 is 1.87 bits per heavy atom. The molecule has 194 valence electrons. The first-order valence-corrected chi connectivity index (χ1v) is 13.2. The third-order valence-electron chi connectivity index (χ3n) is 6.76. The minimum Gasteiger partial charge on any atom is -0.497 e. The van der Waals surface area contributed by atoms with Gasteiger partial charge in [-0.2, -0.15) is 5.26 Å². The summed E-state index contributed by atoms with van der Waals surface area (Å²) in [7, 11) is 3.49. The lowest BCUT2D eigenvalue weighted by molar-refractivity contribution is 0.0713. The van der Waals surface area contributed by atoms with Crippen LogP contribution in [0.2, 0.25) is 0 Å². The summed E-state index contributed by atoms with van der Waals surface area (Å²) in [5.41, 5.74) is 5.67. The number of fused-ring (bicyclic) bond motifs is 1. The molecule has 1 saturated heterocycles. The highest BCUT2D eigenvalue weighted by Crippen LogP contribution is 2.29. The number of carbonyl (C=O) groups excluding carboxylic acids is 2. The molecule has 0 aliphatic carbocycles. The maximum atomic E-state index is 12.8. The highest BCUT2D eigenvalue weighted by atomic mass is 32.1. The first-order chi connectivity index (χ1) is 18.4. The van der Waals surface area contributed by atoms with Gasteiger partial charge in [-0.05, 0) is 79.3 Å². The summed E-state index contributed by atoms with van der Waals surface area (Å²) in [5.74, 6) is 1.35. The highest BCUT2D eigenvalue weighted by molar-refractivity contribution is 7.20. The van der Waals surface area contributed by atoms with Gasteiger partial charge in [0.25, 0.3) is 5.91 Å². The number of nitrogens with zero attached hydrogens (tertiary/aromatic N) is 3. The van der Waals surface area contributed by atoms with Crippen molar-refractivity contribution in [2.24, 2.45) is 0 Å². The number of hydrogen-bond acceptors (Lipinski definition) is 7. The van der Waals surface area contributed by atoms with Crippen LogP contribution in [0.15, 0.2) is 60.7 Å². The van der Waals surface area contributed by atoms with Crippen molar-refractivity contribution in [1.29, 1.82) is 5.26 Å². The molecule has 2 heterocycles. The van der Waals surface area contributed by atoms with E-state index >= 15 is 0 Å². The molecule has 1 fully saturated rings. The zero-order valence-electron chi connectivity index (χ0n) is 21.7. The maximum Gasteiger partial charge on any atom is 0.253 e. The van der Waals surface area contributed by atoms with Gasteiger partial charge >= 0.3 is 0 Å². The number of benzene rings is 3. The number of likely N-dealkylation sites (tertiary alicyclic amines) is 1. The standard InChI is InChI=1S/C21H23N3O.C9H7NO2S/c1-15-3-6-19(13-20(15)23-2)21(25)24-11-9-18(10-12-24)17-7-4-16(14-22)5-8-17;1-12-6-2-3-7-8(4-6)13-9(5-11)10-7/h3-8,13,18,23H,9-12H2,1-2H3;2-5H,1H3. The van der Waals surface area contributed by atoms with Crippen LogP contribution in [0.3, 0.4) is 0 Å². The molecule has 7 nitrogen and oxygen atoms in total. The molecule has 3 aromatic carbocycles.